The minimum atomic E-state index is -0.320. The first kappa shape index (κ1) is 20.4. The molecule has 1 amide bonds. The zero-order valence-corrected chi connectivity index (χ0v) is 18.7. The SMILES string of the molecule is CC1(C)CC(=O)C2=C(C1)N(c1ccc(Cl)c(Cl)c1)C(=O)C[C@H]2c1ccc2c(c1)OCO2. The second-order valence-electron chi connectivity index (χ2n) is 9.00. The summed E-state index contributed by atoms with van der Waals surface area (Å²) >= 11 is 12.3. The minimum Gasteiger partial charge on any atom is -0.454 e. The molecule has 0 saturated heterocycles. The van der Waals surface area contributed by atoms with Crippen LogP contribution >= 0.6 is 23.2 Å². The molecular weight excluding hydrogens is 437 g/mol. The molecule has 1 atom stereocenters. The number of ketones is 1. The highest BCUT2D eigenvalue weighted by Crippen LogP contribution is 2.49. The van der Waals surface area contributed by atoms with Crippen LogP contribution in [0.25, 0.3) is 0 Å². The smallest absolute Gasteiger partial charge is 0.232 e. The molecule has 0 bridgehead atoms. The van der Waals surface area contributed by atoms with Crippen LogP contribution in [0, 0.1) is 5.41 Å². The molecule has 0 aromatic heterocycles. The fourth-order valence-electron chi connectivity index (χ4n) is 4.75. The van der Waals surface area contributed by atoms with Crippen LogP contribution in [0.15, 0.2) is 47.7 Å². The van der Waals surface area contributed by atoms with Gasteiger partial charge >= 0.3 is 0 Å². The number of benzene rings is 2. The lowest BCUT2D eigenvalue weighted by molar-refractivity contribution is -0.121. The molecule has 5 rings (SSSR count). The number of ether oxygens (including phenoxy) is 2. The van der Waals surface area contributed by atoms with E-state index in [1.807, 2.05) is 18.2 Å². The maximum atomic E-state index is 13.4. The van der Waals surface area contributed by atoms with Crippen molar-refractivity contribution in [1.82, 2.24) is 0 Å². The Bertz CT molecular complexity index is 1150. The predicted octanol–water partition coefficient (Wildman–Crippen LogP) is 5.89. The molecular formula is C24H21Cl2NO4. The Kier molecular flexibility index (Phi) is 4.79. The van der Waals surface area contributed by atoms with Gasteiger partial charge in [-0.05, 0) is 47.7 Å². The lowest BCUT2D eigenvalue weighted by Crippen LogP contribution is -2.43. The Morgan fingerprint density at radius 2 is 1.74 bits per heavy atom. The summed E-state index contributed by atoms with van der Waals surface area (Å²) in [6, 6.07) is 10.8. The van der Waals surface area contributed by atoms with Crippen molar-refractivity contribution in [3.8, 4) is 11.5 Å². The lowest BCUT2D eigenvalue weighted by Gasteiger charge is -2.43. The molecule has 3 aliphatic rings. The van der Waals surface area contributed by atoms with Gasteiger partial charge in [0, 0.05) is 30.0 Å². The number of nitrogens with zero attached hydrogens (tertiary/aromatic N) is 1. The first-order valence-electron chi connectivity index (χ1n) is 10.2. The molecule has 2 heterocycles. The van der Waals surface area contributed by atoms with E-state index in [1.54, 1.807) is 23.1 Å². The van der Waals surface area contributed by atoms with Gasteiger partial charge in [-0.3, -0.25) is 14.5 Å². The van der Waals surface area contributed by atoms with Crippen molar-refractivity contribution in [3.05, 3.63) is 63.3 Å². The van der Waals surface area contributed by atoms with Gasteiger partial charge in [-0.2, -0.15) is 0 Å². The van der Waals surface area contributed by atoms with Gasteiger partial charge in [0.15, 0.2) is 17.3 Å². The Morgan fingerprint density at radius 1 is 0.968 bits per heavy atom. The molecule has 2 aliphatic heterocycles. The quantitative estimate of drug-likeness (QED) is 0.564. The zero-order valence-electron chi connectivity index (χ0n) is 17.2. The number of Topliss-reactive ketones (excluding diaryl/α,β-unsaturated/α-hetero) is 1. The maximum absolute atomic E-state index is 13.4. The Balaban J connectivity index is 1.66. The number of amides is 1. The second kappa shape index (κ2) is 7.28. The topological polar surface area (TPSA) is 55.8 Å². The van der Waals surface area contributed by atoms with Gasteiger partial charge in [-0.15, -0.1) is 0 Å². The van der Waals surface area contributed by atoms with Gasteiger partial charge in [0.2, 0.25) is 12.7 Å². The summed E-state index contributed by atoms with van der Waals surface area (Å²) in [5.41, 5.74) is 2.71. The molecule has 0 spiro atoms. The van der Waals surface area contributed by atoms with Crippen LogP contribution in [0.4, 0.5) is 5.69 Å². The molecule has 160 valence electrons. The first-order chi connectivity index (χ1) is 14.7. The predicted molar refractivity (Wildman–Crippen MR) is 119 cm³/mol. The molecule has 0 N–H and O–H groups in total. The van der Waals surface area contributed by atoms with Crippen LogP contribution < -0.4 is 14.4 Å². The maximum Gasteiger partial charge on any atom is 0.232 e. The monoisotopic (exact) mass is 457 g/mol. The summed E-state index contributed by atoms with van der Waals surface area (Å²) in [5, 5.41) is 0.788. The third-order valence-corrected chi connectivity index (χ3v) is 6.84. The molecule has 2 aromatic carbocycles. The summed E-state index contributed by atoms with van der Waals surface area (Å²) in [4.78, 5) is 28.4. The molecule has 31 heavy (non-hydrogen) atoms. The normalized spacial score (nSPS) is 22.1. The average Bonchev–Trinajstić information content (AvgIpc) is 3.16. The van der Waals surface area contributed by atoms with Crippen LogP contribution in [-0.4, -0.2) is 18.5 Å². The van der Waals surface area contributed by atoms with E-state index in [2.05, 4.69) is 13.8 Å². The van der Waals surface area contributed by atoms with Crippen LogP contribution in [0.1, 0.15) is 44.6 Å². The van der Waals surface area contributed by atoms with Gasteiger partial charge in [0.25, 0.3) is 0 Å². The van der Waals surface area contributed by atoms with Gasteiger partial charge in [-0.25, -0.2) is 0 Å². The summed E-state index contributed by atoms with van der Waals surface area (Å²) in [7, 11) is 0. The molecule has 2 aromatic rings. The number of hydrogen-bond donors (Lipinski definition) is 0. The van der Waals surface area contributed by atoms with Crippen LogP contribution in [0.2, 0.25) is 10.0 Å². The Labute approximate surface area is 190 Å². The highest BCUT2D eigenvalue weighted by molar-refractivity contribution is 6.42. The van der Waals surface area contributed by atoms with Gasteiger partial charge in [-0.1, -0.05) is 43.1 Å². The van der Waals surface area contributed by atoms with E-state index < -0.39 is 0 Å². The number of hydrogen-bond acceptors (Lipinski definition) is 4. The fraction of sp³-hybridized carbons (Fsp3) is 0.333. The van der Waals surface area contributed by atoms with E-state index >= 15 is 0 Å². The molecule has 5 nitrogen and oxygen atoms in total. The minimum absolute atomic E-state index is 0.0754. The van der Waals surface area contributed by atoms with Crippen LogP contribution in [0.3, 0.4) is 0 Å². The van der Waals surface area contributed by atoms with E-state index in [0.717, 1.165) is 11.3 Å². The summed E-state index contributed by atoms with van der Waals surface area (Å²) in [6.07, 6.45) is 1.24. The third kappa shape index (κ3) is 3.50. The average molecular weight is 458 g/mol. The first-order valence-corrected chi connectivity index (χ1v) is 10.9. The summed E-state index contributed by atoms with van der Waals surface area (Å²) in [6.45, 7) is 4.28. The van der Waals surface area contributed by atoms with Crippen molar-refractivity contribution in [3.63, 3.8) is 0 Å². The standard InChI is InChI=1S/C24H21Cl2NO4/c1-24(2)10-18-23(19(28)11-24)15(13-3-6-20-21(7-13)31-12-30-20)9-22(29)27(18)14-4-5-16(25)17(26)8-14/h3-8,15H,9-12H2,1-2H3/t15-/m0/s1. The van der Waals surface area contributed by atoms with E-state index in [-0.39, 0.29) is 36.2 Å². The van der Waals surface area contributed by atoms with E-state index in [9.17, 15) is 9.59 Å². The van der Waals surface area contributed by atoms with Gasteiger partial charge in [0.1, 0.15) is 0 Å². The van der Waals surface area contributed by atoms with Crippen molar-refractivity contribution in [1.29, 1.82) is 0 Å². The number of anilines is 1. The van der Waals surface area contributed by atoms with Crippen molar-refractivity contribution in [2.45, 2.75) is 39.0 Å². The highest BCUT2D eigenvalue weighted by Gasteiger charge is 2.44. The number of halogens is 2. The van der Waals surface area contributed by atoms with Crippen molar-refractivity contribution in [2.75, 3.05) is 11.7 Å². The van der Waals surface area contributed by atoms with E-state index in [4.69, 9.17) is 32.7 Å². The summed E-state index contributed by atoms with van der Waals surface area (Å²) in [5.74, 6) is 0.993. The lowest BCUT2D eigenvalue weighted by atomic mass is 9.69. The summed E-state index contributed by atoms with van der Waals surface area (Å²) < 4.78 is 10.9. The number of carbonyl (C=O) groups is 2. The number of carbonyl (C=O) groups excluding carboxylic acids is 2. The zero-order chi connectivity index (χ0) is 21.9. The highest BCUT2D eigenvalue weighted by atomic mass is 35.5. The molecule has 0 saturated carbocycles. The molecule has 7 heteroatoms. The van der Waals surface area contributed by atoms with Crippen molar-refractivity contribution in [2.24, 2.45) is 5.41 Å². The Hall–Kier alpha value is -2.50. The fourth-order valence-corrected chi connectivity index (χ4v) is 5.05. The Morgan fingerprint density at radius 3 is 2.52 bits per heavy atom. The molecule has 1 aliphatic carbocycles. The van der Waals surface area contributed by atoms with E-state index in [0.29, 0.717) is 45.6 Å². The van der Waals surface area contributed by atoms with Gasteiger partial charge < -0.3 is 9.47 Å². The van der Waals surface area contributed by atoms with Gasteiger partial charge in [0.05, 0.1) is 15.7 Å². The molecule has 0 fully saturated rings. The largest absolute Gasteiger partial charge is 0.454 e. The third-order valence-electron chi connectivity index (χ3n) is 6.10. The number of rotatable bonds is 2. The van der Waals surface area contributed by atoms with Crippen LogP contribution in [-0.2, 0) is 9.59 Å². The van der Waals surface area contributed by atoms with E-state index in [1.165, 1.54) is 0 Å². The molecule has 0 radical (unpaired) electrons. The van der Waals surface area contributed by atoms with Crippen LogP contribution in [0.5, 0.6) is 11.5 Å². The molecule has 0 unspecified atom stereocenters. The number of allylic oxidation sites excluding steroid dienone is 2. The van der Waals surface area contributed by atoms with Crippen molar-refractivity contribution < 1.29 is 19.1 Å². The second-order valence-corrected chi connectivity index (χ2v) is 9.81. The number of fused-ring (bicyclic) bond motifs is 1. The van der Waals surface area contributed by atoms with Crippen molar-refractivity contribution >= 4 is 40.6 Å².